The minimum atomic E-state index is -4.87. The lowest BCUT2D eigenvalue weighted by Crippen LogP contribution is -2.18. The number of carbonyl (C=O) groups excluding carboxylic acids is 1. The zero-order chi connectivity index (χ0) is 21.9. The number of hydrogen-bond acceptors (Lipinski definition) is 6. The Labute approximate surface area is 168 Å². The van der Waals surface area contributed by atoms with Crippen molar-refractivity contribution in [1.29, 1.82) is 0 Å². The van der Waals surface area contributed by atoms with Crippen LogP contribution in [0, 0.1) is 10.1 Å². The number of nitrogens with zero attached hydrogens (tertiary/aromatic N) is 3. The van der Waals surface area contributed by atoms with Crippen LogP contribution in [0.1, 0.15) is 21.7 Å². The van der Waals surface area contributed by atoms with Crippen LogP contribution in [-0.2, 0) is 13.6 Å². The summed E-state index contributed by atoms with van der Waals surface area (Å²) in [6.07, 6.45) is -1.87. The van der Waals surface area contributed by atoms with Gasteiger partial charge in [0.15, 0.2) is 5.82 Å². The van der Waals surface area contributed by atoms with Crippen LogP contribution in [0.25, 0.3) is 0 Å². The molecule has 1 heterocycles. The third-order valence-electron chi connectivity index (χ3n) is 4.15. The highest BCUT2D eigenvalue weighted by Crippen LogP contribution is 2.30. The van der Waals surface area contributed by atoms with E-state index in [1.54, 1.807) is 13.2 Å². The van der Waals surface area contributed by atoms with Gasteiger partial charge in [0.05, 0.1) is 4.92 Å². The molecule has 3 aromatic rings. The number of anilines is 1. The molecule has 0 aliphatic rings. The molecule has 1 aromatic heterocycles. The summed E-state index contributed by atoms with van der Waals surface area (Å²) in [5.74, 6) is -0.800. The van der Waals surface area contributed by atoms with Gasteiger partial charge in [-0.3, -0.25) is 14.9 Å². The average molecular weight is 420 g/mol. The van der Waals surface area contributed by atoms with E-state index in [9.17, 15) is 28.1 Å². The maximum Gasteiger partial charge on any atom is 0.573 e. The van der Waals surface area contributed by atoms with E-state index in [-0.39, 0.29) is 29.2 Å². The fourth-order valence-corrected chi connectivity index (χ4v) is 2.75. The molecule has 0 spiro atoms. The first-order valence-corrected chi connectivity index (χ1v) is 8.53. The molecule has 0 atom stereocenters. The highest BCUT2D eigenvalue weighted by molar-refractivity contribution is 6.07. The summed E-state index contributed by atoms with van der Waals surface area (Å²) in [5.41, 5.74) is -0.151. The topological polar surface area (TPSA) is 99.3 Å². The number of aryl methyl sites for hydroxylation is 1. The number of aromatic nitrogens is 2. The van der Waals surface area contributed by atoms with Crippen molar-refractivity contribution in [3.63, 3.8) is 0 Å². The lowest BCUT2D eigenvalue weighted by Gasteiger charge is -2.14. The van der Waals surface area contributed by atoms with Crippen LogP contribution in [0.3, 0.4) is 0 Å². The number of ketones is 1. The number of carbonyl (C=O) groups is 1. The second kappa shape index (κ2) is 8.23. The normalized spacial score (nSPS) is 11.2. The average Bonchev–Trinajstić information content (AvgIpc) is 3.11. The molecule has 0 bridgehead atoms. The fraction of sp³-hybridized carbons (Fsp3) is 0.158. The number of imidazole rings is 1. The second-order valence-corrected chi connectivity index (χ2v) is 6.19. The van der Waals surface area contributed by atoms with Crippen molar-refractivity contribution < 1.29 is 27.6 Å². The first kappa shape index (κ1) is 20.8. The van der Waals surface area contributed by atoms with Crippen molar-refractivity contribution in [2.45, 2.75) is 12.9 Å². The van der Waals surface area contributed by atoms with Gasteiger partial charge in [0, 0.05) is 43.2 Å². The molecule has 0 saturated heterocycles. The minimum absolute atomic E-state index is 0.0400. The van der Waals surface area contributed by atoms with Crippen LogP contribution in [0.15, 0.2) is 54.9 Å². The number of alkyl halides is 3. The lowest BCUT2D eigenvalue weighted by atomic mass is 10.1. The number of nitro benzene ring substituents is 1. The minimum Gasteiger partial charge on any atom is -0.405 e. The summed E-state index contributed by atoms with van der Waals surface area (Å²) in [5, 5.41) is 14.2. The Balaban J connectivity index is 1.85. The van der Waals surface area contributed by atoms with Crippen LogP contribution >= 0.6 is 0 Å². The zero-order valence-corrected chi connectivity index (χ0v) is 15.5. The van der Waals surface area contributed by atoms with Gasteiger partial charge < -0.3 is 14.6 Å². The summed E-state index contributed by atoms with van der Waals surface area (Å²) in [6, 6.07) is 9.24. The molecule has 30 heavy (non-hydrogen) atoms. The monoisotopic (exact) mass is 420 g/mol. The lowest BCUT2D eigenvalue weighted by molar-refractivity contribution is -0.384. The Morgan fingerprint density at radius 1 is 1.27 bits per heavy atom. The van der Waals surface area contributed by atoms with Gasteiger partial charge in [0.1, 0.15) is 11.4 Å². The molecule has 1 N–H and O–H groups in total. The summed E-state index contributed by atoms with van der Waals surface area (Å²) < 4.78 is 43.1. The van der Waals surface area contributed by atoms with Crippen molar-refractivity contribution in [1.82, 2.24) is 9.55 Å². The van der Waals surface area contributed by atoms with E-state index in [1.807, 2.05) is 0 Å². The largest absolute Gasteiger partial charge is 0.573 e. The van der Waals surface area contributed by atoms with E-state index in [4.69, 9.17) is 0 Å². The summed E-state index contributed by atoms with van der Waals surface area (Å²) in [7, 11) is 1.62. The molecule has 2 aromatic carbocycles. The van der Waals surface area contributed by atoms with Crippen LogP contribution in [0.5, 0.6) is 5.75 Å². The molecule has 0 amide bonds. The summed E-state index contributed by atoms with van der Waals surface area (Å²) in [4.78, 5) is 27.2. The summed E-state index contributed by atoms with van der Waals surface area (Å²) >= 11 is 0. The van der Waals surface area contributed by atoms with Gasteiger partial charge in [-0.05, 0) is 18.2 Å². The fourth-order valence-electron chi connectivity index (χ4n) is 2.75. The van der Waals surface area contributed by atoms with Gasteiger partial charge in [-0.2, -0.15) is 0 Å². The Bertz CT molecular complexity index is 1100. The van der Waals surface area contributed by atoms with Crippen molar-refractivity contribution >= 4 is 17.2 Å². The van der Waals surface area contributed by atoms with Crippen molar-refractivity contribution in [2.75, 3.05) is 5.32 Å². The first-order chi connectivity index (χ1) is 14.2. The molecule has 8 nitrogen and oxygen atoms in total. The predicted molar refractivity (Wildman–Crippen MR) is 100 cm³/mol. The molecular weight excluding hydrogens is 405 g/mol. The Morgan fingerprint density at radius 2 is 2.00 bits per heavy atom. The van der Waals surface area contributed by atoms with Gasteiger partial charge in [0.2, 0.25) is 5.78 Å². The molecule has 0 aliphatic carbocycles. The number of para-hydroxylation sites is 1. The number of rotatable bonds is 7. The number of ether oxygens (including phenoxy) is 1. The van der Waals surface area contributed by atoms with Crippen molar-refractivity contribution in [2.24, 2.45) is 7.05 Å². The Hall–Kier alpha value is -3.89. The number of nitro groups is 1. The maximum atomic E-state index is 12.5. The highest BCUT2D eigenvalue weighted by Gasteiger charge is 2.32. The molecule has 0 saturated carbocycles. The third kappa shape index (κ3) is 4.74. The highest BCUT2D eigenvalue weighted by atomic mass is 19.4. The van der Waals surface area contributed by atoms with Crippen molar-refractivity contribution in [3.05, 3.63) is 81.9 Å². The van der Waals surface area contributed by atoms with Crippen LogP contribution in [0.2, 0.25) is 0 Å². The van der Waals surface area contributed by atoms with Crippen LogP contribution in [0.4, 0.5) is 24.5 Å². The van der Waals surface area contributed by atoms with Crippen molar-refractivity contribution in [3.8, 4) is 5.75 Å². The first-order valence-electron chi connectivity index (χ1n) is 8.53. The van der Waals surface area contributed by atoms with E-state index in [2.05, 4.69) is 15.0 Å². The number of nitrogens with one attached hydrogen (secondary N) is 1. The van der Waals surface area contributed by atoms with Gasteiger partial charge in [-0.15, -0.1) is 13.2 Å². The Morgan fingerprint density at radius 3 is 2.63 bits per heavy atom. The summed E-state index contributed by atoms with van der Waals surface area (Å²) in [6.45, 7) is -0.167. The SMILES string of the molecule is Cn1ccnc1C(=O)c1ccc(NCc2ccccc2OC(F)(F)F)c([N+](=O)[O-])c1. The van der Waals surface area contributed by atoms with Gasteiger partial charge >= 0.3 is 6.36 Å². The standard InChI is InChI=1S/C19H15F3N4O4/c1-25-9-8-23-18(25)17(27)12-6-7-14(15(10-12)26(28)29)24-11-13-4-2-3-5-16(13)30-19(20,21)22/h2-10,24H,11H2,1H3. The van der Waals surface area contributed by atoms with Gasteiger partial charge in [0.25, 0.3) is 5.69 Å². The molecular formula is C19H15F3N4O4. The van der Waals surface area contributed by atoms with Crippen LogP contribution < -0.4 is 10.1 Å². The molecule has 3 rings (SSSR count). The Kier molecular flexibility index (Phi) is 5.72. The van der Waals surface area contributed by atoms with Crippen LogP contribution in [-0.4, -0.2) is 26.6 Å². The van der Waals surface area contributed by atoms with E-state index >= 15 is 0 Å². The smallest absolute Gasteiger partial charge is 0.405 e. The molecule has 156 valence electrons. The molecule has 0 radical (unpaired) electrons. The number of benzene rings is 2. The van der Waals surface area contributed by atoms with E-state index < -0.39 is 28.5 Å². The number of hydrogen-bond donors (Lipinski definition) is 1. The van der Waals surface area contributed by atoms with Gasteiger partial charge in [-0.1, -0.05) is 18.2 Å². The zero-order valence-electron chi connectivity index (χ0n) is 15.5. The molecule has 11 heteroatoms. The molecule has 0 aliphatic heterocycles. The predicted octanol–water partition coefficient (Wildman–Crippen LogP) is 4.07. The maximum absolute atomic E-state index is 12.5. The molecule has 0 fully saturated rings. The molecule has 0 unspecified atom stereocenters. The quantitative estimate of drug-likeness (QED) is 0.351. The third-order valence-corrected chi connectivity index (χ3v) is 4.15. The number of halogens is 3. The van der Waals surface area contributed by atoms with E-state index in [1.165, 1.54) is 41.1 Å². The van der Waals surface area contributed by atoms with E-state index in [0.29, 0.717) is 0 Å². The second-order valence-electron chi connectivity index (χ2n) is 6.19. The van der Waals surface area contributed by atoms with E-state index in [0.717, 1.165) is 12.1 Å². The van der Waals surface area contributed by atoms with Gasteiger partial charge in [-0.25, -0.2) is 4.98 Å².